The normalized spacial score (nSPS) is 18.8. The molecule has 2 heterocycles. The first-order valence-electron chi connectivity index (χ1n) is 6.91. The Bertz CT molecular complexity index is 879. The molecule has 24 heavy (non-hydrogen) atoms. The molecule has 3 rings (SSSR count). The van der Waals surface area contributed by atoms with E-state index in [1.165, 1.54) is 16.4 Å². The van der Waals surface area contributed by atoms with E-state index in [0.717, 1.165) is 0 Å². The lowest BCUT2D eigenvalue weighted by molar-refractivity contribution is 0.0987. The third-order valence-electron chi connectivity index (χ3n) is 3.64. The molecule has 8 nitrogen and oxygen atoms in total. The fourth-order valence-electron chi connectivity index (χ4n) is 2.59. The molecule has 1 fully saturated rings. The summed E-state index contributed by atoms with van der Waals surface area (Å²) in [5, 5.41) is 3.50. The summed E-state index contributed by atoms with van der Waals surface area (Å²) >= 11 is 12.1. The molecule has 128 valence electrons. The molecule has 1 aliphatic heterocycles. The second-order valence-corrected chi connectivity index (χ2v) is 7.79. The van der Waals surface area contributed by atoms with Gasteiger partial charge in [-0.2, -0.15) is 9.29 Å². The molecule has 1 aromatic heterocycles. The summed E-state index contributed by atoms with van der Waals surface area (Å²) in [4.78, 5) is 14.8. The molecule has 0 aliphatic carbocycles. The van der Waals surface area contributed by atoms with Crippen molar-refractivity contribution in [3.8, 4) is 0 Å². The monoisotopic (exact) mass is 390 g/mol. The SMILES string of the molecule is NC(=O)c1noc(C2CCCN2S(=O)(=O)c2c(Cl)cccc2Cl)n1. The molecule has 1 unspecified atom stereocenters. The average Bonchev–Trinajstić information content (AvgIpc) is 3.16. The van der Waals surface area contributed by atoms with Gasteiger partial charge in [0.05, 0.1) is 10.0 Å². The van der Waals surface area contributed by atoms with Crippen LogP contribution in [0.3, 0.4) is 0 Å². The third-order valence-corrected chi connectivity index (χ3v) is 6.50. The van der Waals surface area contributed by atoms with Crippen molar-refractivity contribution in [1.82, 2.24) is 14.4 Å². The van der Waals surface area contributed by atoms with Crippen molar-refractivity contribution in [2.75, 3.05) is 6.54 Å². The molecule has 2 aromatic rings. The van der Waals surface area contributed by atoms with Crippen LogP contribution in [0.1, 0.15) is 35.4 Å². The number of rotatable bonds is 4. The Morgan fingerprint density at radius 1 is 1.33 bits per heavy atom. The highest BCUT2D eigenvalue weighted by Crippen LogP contribution is 2.39. The number of amides is 1. The van der Waals surface area contributed by atoms with Gasteiger partial charge in [0.25, 0.3) is 11.7 Å². The van der Waals surface area contributed by atoms with Gasteiger partial charge in [0.2, 0.25) is 15.9 Å². The van der Waals surface area contributed by atoms with Crippen LogP contribution in [0.5, 0.6) is 0 Å². The topological polar surface area (TPSA) is 119 Å². The smallest absolute Gasteiger partial charge is 0.290 e. The van der Waals surface area contributed by atoms with Crippen LogP contribution in [0, 0.1) is 0 Å². The maximum absolute atomic E-state index is 13.0. The summed E-state index contributed by atoms with van der Waals surface area (Å²) in [6.45, 7) is 0.239. The summed E-state index contributed by atoms with van der Waals surface area (Å²) < 4.78 is 32.1. The van der Waals surface area contributed by atoms with Crippen LogP contribution in [0.2, 0.25) is 10.0 Å². The van der Waals surface area contributed by atoms with Crippen LogP contribution < -0.4 is 5.73 Å². The van der Waals surface area contributed by atoms with Gasteiger partial charge in [-0.05, 0) is 25.0 Å². The predicted octanol–water partition coefficient (Wildman–Crippen LogP) is 2.00. The molecule has 1 amide bonds. The van der Waals surface area contributed by atoms with Crippen LogP contribution in [0.25, 0.3) is 0 Å². The second kappa shape index (κ2) is 6.32. The number of carbonyl (C=O) groups is 1. The van der Waals surface area contributed by atoms with Crippen molar-refractivity contribution in [2.45, 2.75) is 23.8 Å². The number of halogens is 2. The number of nitrogens with two attached hydrogens (primary N) is 1. The van der Waals surface area contributed by atoms with Gasteiger partial charge in [-0.15, -0.1) is 0 Å². The number of nitrogens with zero attached hydrogens (tertiary/aromatic N) is 3. The van der Waals surface area contributed by atoms with Crippen LogP contribution in [-0.4, -0.2) is 35.3 Å². The third kappa shape index (κ3) is 2.88. The van der Waals surface area contributed by atoms with Gasteiger partial charge in [-0.25, -0.2) is 8.42 Å². The van der Waals surface area contributed by atoms with Crippen LogP contribution in [0.15, 0.2) is 27.6 Å². The minimum absolute atomic E-state index is 0.00745. The van der Waals surface area contributed by atoms with E-state index >= 15 is 0 Å². The molecular formula is C13H12Cl2N4O4S. The molecule has 11 heteroatoms. The van der Waals surface area contributed by atoms with Crippen LogP contribution in [-0.2, 0) is 10.0 Å². The fraction of sp³-hybridized carbons (Fsp3) is 0.308. The Morgan fingerprint density at radius 3 is 2.58 bits per heavy atom. The Balaban J connectivity index is 2.02. The highest BCUT2D eigenvalue weighted by molar-refractivity contribution is 7.89. The minimum Gasteiger partial charge on any atom is -0.363 e. The van der Waals surface area contributed by atoms with Crippen molar-refractivity contribution in [3.05, 3.63) is 40.0 Å². The maximum Gasteiger partial charge on any atom is 0.290 e. The number of carbonyl (C=O) groups excluding carboxylic acids is 1. The number of primary amides is 1. The molecule has 1 aromatic carbocycles. The summed E-state index contributed by atoms with van der Waals surface area (Å²) in [6, 6.07) is 3.75. The summed E-state index contributed by atoms with van der Waals surface area (Å²) in [6.07, 6.45) is 1.04. The lowest BCUT2D eigenvalue weighted by Gasteiger charge is -2.22. The van der Waals surface area contributed by atoms with E-state index in [2.05, 4.69) is 10.1 Å². The van der Waals surface area contributed by atoms with E-state index in [4.69, 9.17) is 33.5 Å². The van der Waals surface area contributed by atoms with Crippen molar-refractivity contribution in [1.29, 1.82) is 0 Å². The largest absolute Gasteiger partial charge is 0.363 e. The molecule has 2 N–H and O–H groups in total. The molecule has 1 atom stereocenters. The molecule has 1 saturated heterocycles. The number of benzene rings is 1. The Hall–Kier alpha value is -1.68. The summed E-state index contributed by atoms with van der Waals surface area (Å²) in [5.41, 5.74) is 5.09. The van der Waals surface area contributed by atoms with E-state index in [1.807, 2.05) is 0 Å². The molecule has 0 spiro atoms. The maximum atomic E-state index is 13.0. The first-order chi connectivity index (χ1) is 11.3. The number of sulfonamides is 1. The predicted molar refractivity (Wildman–Crippen MR) is 85.1 cm³/mol. The molecule has 0 bridgehead atoms. The van der Waals surface area contributed by atoms with Crippen molar-refractivity contribution in [2.24, 2.45) is 5.73 Å². The number of hydrogen-bond acceptors (Lipinski definition) is 6. The lowest BCUT2D eigenvalue weighted by atomic mass is 10.2. The highest BCUT2D eigenvalue weighted by atomic mass is 35.5. The van der Waals surface area contributed by atoms with E-state index in [9.17, 15) is 13.2 Å². The zero-order valence-electron chi connectivity index (χ0n) is 12.1. The summed E-state index contributed by atoms with van der Waals surface area (Å²) in [7, 11) is -3.98. The Labute approximate surface area is 147 Å². The van der Waals surface area contributed by atoms with E-state index < -0.39 is 22.0 Å². The standard InChI is InChI=1S/C13H12Cl2N4O4S/c14-7-3-1-4-8(15)10(7)24(21,22)19-6-2-5-9(19)13-17-12(11(16)20)18-23-13/h1,3-4,9H,2,5-6H2,(H2,16,20). The van der Waals surface area contributed by atoms with E-state index in [0.29, 0.717) is 12.8 Å². The van der Waals surface area contributed by atoms with Gasteiger partial charge < -0.3 is 10.3 Å². The van der Waals surface area contributed by atoms with E-state index in [-0.39, 0.29) is 33.2 Å². The number of hydrogen-bond donors (Lipinski definition) is 1. The number of aromatic nitrogens is 2. The molecular weight excluding hydrogens is 379 g/mol. The first-order valence-corrected chi connectivity index (χ1v) is 9.11. The Kier molecular flexibility index (Phi) is 4.52. The van der Waals surface area contributed by atoms with Gasteiger partial charge in [-0.3, -0.25) is 4.79 Å². The van der Waals surface area contributed by atoms with Gasteiger partial charge in [0.15, 0.2) is 0 Å². The first kappa shape index (κ1) is 17.2. The lowest BCUT2D eigenvalue weighted by Crippen LogP contribution is -2.31. The fourth-order valence-corrected chi connectivity index (χ4v) is 5.34. The highest BCUT2D eigenvalue weighted by Gasteiger charge is 2.41. The van der Waals surface area contributed by atoms with Gasteiger partial charge in [0.1, 0.15) is 10.9 Å². The molecule has 0 saturated carbocycles. The van der Waals surface area contributed by atoms with Crippen molar-refractivity contribution < 1.29 is 17.7 Å². The zero-order chi connectivity index (χ0) is 17.5. The quantitative estimate of drug-likeness (QED) is 0.851. The minimum atomic E-state index is -3.98. The average molecular weight is 391 g/mol. The Morgan fingerprint density at radius 2 is 2.00 bits per heavy atom. The van der Waals surface area contributed by atoms with Gasteiger partial charge in [-0.1, -0.05) is 34.4 Å². The van der Waals surface area contributed by atoms with Gasteiger partial charge >= 0.3 is 0 Å². The van der Waals surface area contributed by atoms with Crippen molar-refractivity contribution in [3.63, 3.8) is 0 Å². The van der Waals surface area contributed by atoms with Crippen LogP contribution in [0.4, 0.5) is 0 Å². The van der Waals surface area contributed by atoms with E-state index in [1.54, 1.807) is 6.07 Å². The summed E-state index contributed by atoms with van der Waals surface area (Å²) in [5.74, 6) is -1.15. The van der Waals surface area contributed by atoms with Crippen LogP contribution >= 0.6 is 23.2 Å². The second-order valence-electron chi connectivity index (χ2n) is 5.15. The zero-order valence-corrected chi connectivity index (χ0v) is 14.5. The molecule has 1 aliphatic rings. The molecule has 0 radical (unpaired) electrons. The van der Waals surface area contributed by atoms with Gasteiger partial charge in [0, 0.05) is 6.54 Å². The van der Waals surface area contributed by atoms with Crippen molar-refractivity contribution >= 4 is 39.1 Å².